The van der Waals surface area contributed by atoms with E-state index in [9.17, 15) is 0 Å². The molecule has 0 radical (unpaired) electrons. The molecule has 0 aliphatic heterocycles. The molecule has 1 aliphatic carbocycles. The monoisotopic (exact) mass is 232 g/mol. The molecule has 94 valence electrons. The Morgan fingerprint density at radius 1 is 1.35 bits per heavy atom. The third kappa shape index (κ3) is 3.22. The summed E-state index contributed by atoms with van der Waals surface area (Å²) in [6.45, 7) is 7.69. The molecule has 17 heavy (non-hydrogen) atoms. The zero-order valence-electron chi connectivity index (χ0n) is 11.2. The van der Waals surface area contributed by atoms with Crippen LogP contribution in [0, 0.1) is 11.8 Å². The highest BCUT2D eigenvalue weighted by molar-refractivity contribution is 5.53. The summed E-state index contributed by atoms with van der Waals surface area (Å²) in [5.74, 6) is 1.84. The van der Waals surface area contributed by atoms with Crippen molar-refractivity contribution < 1.29 is 0 Å². The van der Waals surface area contributed by atoms with Crippen LogP contribution in [-0.4, -0.2) is 20.1 Å². The van der Waals surface area contributed by atoms with Gasteiger partial charge in [0.2, 0.25) is 0 Å². The van der Waals surface area contributed by atoms with E-state index in [0.717, 1.165) is 24.9 Å². The summed E-state index contributed by atoms with van der Waals surface area (Å²) in [6, 6.07) is 8.73. The molecule has 0 spiro atoms. The van der Waals surface area contributed by atoms with Gasteiger partial charge in [-0.3, -0.25) is 0 Å². The third-order valence-electron chi connectivity index (χ3n) is 3.75. The lowest BCUT2D eigenvalue weighted by atomic mass is 10.1. The van der Waals surface area contributed by atoms with Crippen molar-refractivity contribution in [1.29, 1.82) is 0 Å². The van der Waals surface area contributed by atoms with E-state index in [2.05, 4.69) is 55.4 Å². The van der Waals surface area contributed by atoms with Gasteiger partial charge in [-0.25, -0.2) is 0 Å². The minimum atomic E-state index is 0.909. The molecule has 2 heteroatoms. The molecule has 1 saturated carbocycles. The maximum Gasteiger partial charge on any atom is 0.0409 e. The van der Waals surface area contributed by atoms with Crippen LogP contribution in [0.4, 0.5) is 5.69 Å². The lowest BCUT2D eigenvalue weighted by Crippen LogP contribution is -2.23. The van der Waals surface area contributed by atoms with E-state index < -0.39 is 0 Å². The van der Waals surface area contributed by atoms with E-state index >= 15 is 0 Å². The van der Waals surface area contributed by atoms with Crippen LogP contribution in [0.15, 0.2) is 24.3 Å². The molecule has 0 saturated heterocycles. The van der Waals surface area contributed by atoms with E-state index in [1.54, 1.807) is 0 Å². The second kappa shape index (κ2) is 5.54. The molecule has 1 fully saturated rings. The van der Waals surface area contributed by atoms with Gasteiger partial charge in [-0.1, -0.05) is 32.0 Å². The van der Waals surface area contributed by atoms with Gasteiger partial charge in [0, 0.05) is 25.8 Å². The summed E-state index contributed by atoms with van der Waals surface area (Å²) in [4.78, 5) is 2.42. The van der Waals surface area contributed by atoms with E-state index in [1.165, 1.54) is 24.2 Å². The summed E-state index contributed by atoms with van der Waals surface area (Å²) in [5.41, 5.74) is 2.79. The first kappa shape index (κ1) is 12.4. The molecule has 0 heterocycles. The van der Waals surface area contributed by atoms with Crippen molar-refractivity contribution >= 4 is 5.69 Å². The van der Waals surface area contributed by atoms with Crippen LogP contribution in [-0.2, 0) is 6.54 Å². The highest BCUT2D eigenvalue weighted by Crippen LogP contribution is 2.39. The van der Waals surface area contributed by atoms with E-state index in [4.69, 9.17) is 0 Å². The number of nitrogens with one attached hydrogen (secondary N) is 1. The molecule has 0 amide bonds. The van der Waals surface area contributed by atoms with Crippen LogP contribution in [0.2, 0.25) is 0 Å². The van der Waals surface area contributed by atoms with Gasteiger partial charge in [0.25, 0.3) is 0 Å². The predicted molar refractivity (Wildman–Crippen MR) is 74.4 cm³/mol. The quantitative estimate of drug-likeness (QED) is 0.811. The van der Waals surface area contributed by atoms with Gasteiger partial charge in [-0.2, -0.15) is 0 Å². The maximum absolute atomic E-state index is 3.41. The van der Waals surface area contributed by atoms with Crippen molar-refractivity contribution in [2.75, 3.05) is 25.0 Å². The van der Waals surface area contributed by atoms with Crippen LogP contribution < -0.4 is 10.2 Å². The van der Waals surface area contributed by atoms with E-state index in [0.29, 0.717) is 0 Å². The fraction of sp³-hybridized carbons (Fsp3) is 0.600. The Balaban J connectivity index is 2.02. The lowest BCUT2D eigenvalue weighted by molar-refractivity contribution is 0.704. The van der Waals surface area contributed by atoms with Crippen LogP contribution in [0.25, 0.3) is 0 Å². The molecule has 1 aliphatic rings. The number of nitrogens with zero attached hydrogens (tertiary/aromatic N) is 1. The van der Waals surface area contributed by atoms with Crippen molar-refractivity contribution in [3.8, 4) is 0 Å². The van der Waals surface area contributed by atoms with Gasteiger partial charge in [0.15, 0.2) is 0 Å². The summed E-state index contributed by atoms with van der Waals surface area (Å²) in [7, 11) is 2.22. The number of hydrogen-bond donors (Lipinski definition) is 1. The molecular formula is C15H24N2. The Morgan fingerprint density at radius 3 is 2.71 bits per heavy atom. The third-order valence-corrected chi connectivity index (χ3v) is 3.75. The highest BCUT2D eigenvalue weighted by Gasteiger charge is 2.33. The number of anilines is 1. The average Bonchev–Trinajstić information content (AvgIpc) is 3.02. The van der Waals surface area contributed by atoms with Crippen molar-refractivity contribution in [2.24, 2.45) is 11.8 Å². The highest BCUT2D eigenvalue weighted by atomic mass is 15.1. The molecule has 2 atom stereocenters. The Hall–Kier alpha value is -1.02. The topological polar surface area (TPSA) is 15.3 Å². The predicted octanol–water partition coefficient (Wildman–Crippen LogP) is 2.89. The summed E-state index contributed by atoms with van der Waals surface area (Å²) in [5, 5.41) is 3.41. The first-order valence-corrected chi connectivity index (χ1v) is 6.72. The largest absolute Gasteiger partial charge is 0.374 e. The second-order valence-electron chi connectivity index (χ2n) is 5.26. The molecule has 0 aromatic heterocycles. The molecule has 1 N–H and O–H groups in total. The van der Waals surface area contributed by atoms with Crippen LogP contribution in [0.3, 0.4) is 0 Å². The van der Waals surface area contributed by atoms with Crippen molar-refractivity contribution in [3.63, 3.8) is 0 Å². The van der Waals surface area contributed by atoms with Crippen molar-refractivity contribution in [2.45, 2.75) is 26.8 Å². The standard InChI is InChI=1S/C15H24N2/c1-4-16-10-13-7-5-6-8-15(13)17(3)11-14-9-12(14)2/h5-8,12,14,16H,4,9-11H2,1-3H3. The molecule has 1 aromatic rings. The Morgan fingerprint density at radius 2 is 2.06 bits per heavy atom. The summed E-state index contributed by atoms with van der Waals surface area (Å²) < 4.78 is 0. The van der Waals surface area contributed by atoms with Gasteiger partial charge in [0.05, 0.1) is 0 Å². The molecule has 0 bridgehead atoms. The summed E-state index contributed by atoms with van der Waals surface area (Å²) in [6.07, 6.45) is 1.40. The first-order valence-electron chi connectivity index (χ1n) is 6.72. The maximum atomic E-state index is 3.41. The fourth-order valence-electron chi connectivity index (χ4n) is 2.40. The zero-order chi connectivity index (χ0) is 12.3. The van der Waals surface area contributed by atoms with Gasteiger partial charge in [0.1, 0.15) is 0 Å². The average molecular weight is 232 g/mol. The first-order chi connectivity index (χ1) is 8.22. The van der Waals surface area contributed by atoms with E-state index in [1.807, 2.05) is 0 Å². The number of rotatable bonds is 6. The van der Waals surface area contributed by atoms with Gasteiger partial charge in [-0.15, -0.1) is 0 Å². The molecule has 2 unspecified atom stereocenters. The van der Waals surface area contributed by atoms with Crippen LogP contribution >= 0.6 is 0 Å². The van der Waals surface area contributed by atoms with Gasteiger partial charge < -0.3 is 10.2 Å². The SMILES string of the molecule is CCNCc1ccccc1N(C)CC1CC1C. The van der Waals surface area contributed by atoms with E-state index in [-0.39, 0.29) is 0 Å². The van der Waals surface area contributed by atoms with Crippen LogP contribution in [0.1, 0.15) is 25.8 Å². The Labute approximate surface area is 105 Å². The molecular weight excluding hydrogens is 208 g/mol. The smallest absolute Gasteiger partial charge is 0.0409 e. The Bertz CT molecular complexity index is 362. The minimum Gasteiger partial charge on any atom is -0.374 e. The second-order valence-corrected chi connectivity index (χ2v) is 5.26. The van der Waals surface area contributed by atoms with Gasteiger partial charge >= 0.3 is 0 Å². The minimum absolute atomic E-state index is 0.909. The van der Waals surface area contributed by atoms with Crippen LogP contribution in [0.5, 0.6) is 0 Å². The van der Waals surface area contributed by atoms with Gasteiger partial charge in [-0.05, 0) is 36.4 Å². The summed E-state index contributed by atoms with van der Waals surface area (Å²) >= 11 is 0. The lowest BCUT2D eigenvalue weighted by Gasteiger charge is -2.22. The number of hydrogen-bond acceptors (Lipinski definition) is 2. The normalized spacial score (nSPS) is 22.5. The number of benzene rings is 1. The molecule has 2 rings (SSSR count). The zero-order valence-corrected chi connectivity index (χ0v) is 11.2. The molecule has 1 aromatic carbocycles. The van der Waals surface area contributed by atoms with Crippen molar-refractivity contribution in [3.05, 3.63) is 29.8 Å². The fourth-order valence-corrected chi connectivity index (χ4v) is 2.40. The number of para-hydroxylation sites is 1. The Kier molecular flexibility index (Phi) is 4.06. The van der Waals surface area contributed by atoms with Crippen molar-refractivity contribution in [1.82, 2.24) is 5.32 Å². The molecule has 2 nitrogen and oxygen atoms in total.